The number of hydrogen-bond donors (Lipinski definition) is 8. The molecule has 0 aliphatic carbocycles. The Morgan fingerprint density at radius 2 is 0.971 bits per heavy atom. The van der Waals surface area contributed by atoms with Crippen LogP contribution >= 0.6 is 11.3 Å². The van der Waals surface area contributed by atoms with Gasteiger partial charge in [0.15, 0.2) is 12.6 Å². The Kier molecular flexibility index (Phi) is 28.2. The minimum atomic E-state index is -1.20. The third-order valence-electron chi connectivity index (χ3n) is 18.3. The number of thiazole rings is 1. The summed E-state index contributed by atoms with van der Waals surface area (Å²) in [7, 11) is 5.61. The summed E-state index contributed by atoms with van der Waals surface area (Å²) in [4.78, 5) is 87.5. The number of alkyl carbamates (subject to hydrolysis) is 4. The van der Waals surface area contributed by atoms with Gasteiger partial charge >= 0.3 is 24.4 Å². The standard InChI is InChI=1S/C38H49N5O9.C37H49N5O9S/c1-38(2,3)33(41-36(46)49-5)34(45)42-43(21-25-8-12-26(13-9-25)27-7-6-17-39-20-27)22-31(44)30(19-24-10-14-28(48-4)15-11-24)40-37(47)52-32-23-51-35-29(32)16-18-50-35;1-22-21-52-33(38-22)25-11-7-24(8-12-25)18-42(41-32(44)31(37(2,3)4)40-35(45)48-6)19-29(43)28(17-23-9-13-26(47-5)14-10-23)39-36(46)51-30-20-50-34-27(30)15-16-49-34/h6-15,17,20,29-33,35,44H,16,18-19,21-23H2,1-5H3,(H,40,47)(H,41,46)(H,42,45);7-14,21,27-31,34,43H,15-20H2,1-6H3,(H,39,46)(H,40,45)(H,41,44)/t;27?,28?,29-,30?,31?,34?/m.0/s1. The molecule has 6 amide bonds. The summed E-state index contributed by atoms with van der Waals surface area (Å²) in [5, 5.41) is 40.7. The third-order valence-corrected chi connectivity index (χ3v) is 19.3. The Labute approximate surface area is 610 Å². The lowest BCUT2D eigenvalue weighted by molar-refractivity contribution is -0.132. The molecule has 4 aliphatic rings. The SMILES string of the molecule is COC(=O)NC(C(=O)NN(Cc1ccc(-c2cccnc2)cc1)CC(O)C(Cc1ccc(OC)cc1)NC(=O)OC1COC2OCCC12)C(C)(C)C.COC(=O)NC(C(=O)NN(Cc1ccc(-c2nc(C)cs2)cc1)C[C@H](O)C(Cc1ccc(OC)cc1)NC(=O)OC1COC2OCCC12)C(C)(C)C. The average Bonchev–Trinajstić information content (AvgIpc) is 1.63. The number of methoxy groups -OCH3 is 4. The Morgan fingerprint density at radius 1 is 0.548 bits per heavy atom. The molecule has 28 nitrogen and oxygen atoms in total. The van der Waals surface area contributed by atoms with Crippen molar-refractivity contribution in [3.05, 3.63) is 155 Å². The number of hydrogen-bond acceptors (Lipinski definition) is 23. The molecule has 11 unspecified atom stereocenters. The van der Waals surface area contributed by atoms with Crippen molar-refractivity contribution in [3.8, 4) is 33.2 Å². The molecule has 12 atom stereocenters. The Hall–Kier alpha value is -9.04. The number of hydrazine groups is 2. The molecular weight excluding hydrogens is 1360 g/mol. The second kappa shape index (κ2) is 37.1. The highest BCUT2D eigenvalue weighted by Crippen LogP contribution is 2.35. The number of ether oxygens (including phenoxy) is 10. The molecule has 8 N–H and O–H groups in total. The van der Waals surface area contributed by atoms with Gasteiger partial charge in [0, 0.05) is 55.2 Å². The van der Waals surface area contributed by atoms with E-state index >= 15 is 0 Å². The molecule has 29 heteroatoms. The van der Waals surface area contributed by atoms with Gasteiger partial charge in [-0.05, 0) is 107 Å². The van der Waals surface area contributed by atoms with Crippen LogP contribution < -0.4 is 41.6 Å². The van der Waals surface area contributed by atoms with Gasteiger partial charge in [-0.25, -0.2) is 34.2 Å². The topological polar surface area (TPSA) is 340 Å². The van der Waals surface area contributed by atoms with Gasteiger partial charge in [-0.15, -0.1) is 11.3 Å². The van der Waals surface area contributed by atoms with Gasteiger partial charge in [-0.2, -0.15) is 0 Å². The number of carbonyl (C=O) groups is 6. The number of carbonyl (C=O) groups excluding carboxylic acids is 6. The molecule has 0 spiro atoms. The average molecular weight is 1460 g/mol. The van der Waals surface area contributed by atoms with Crippen molar-refractivity contribution in [3.63, 3.8) is 0 Å². The van der Waals surface area contributed by atoms with Gasteiger partial charge in [0.2, 0.25) is 0 Å². The second-order valence-electron chi connectivity index (χ2n) is 28.2. The van der Waals surface area contributed by atoms with Crippen LogP contribution in [-0.2, 0) is 73.4 Å². The molecule has 562 valence electrons. The van der Waals surface area contributed by atoms with Gasteiger partial charge in [-0.1, -0.05) is 120 Å². The quantitative estimate of drug-likeness (QED) is 0.0170. The van der Waals surface area contributed by atoms with Crippen molar-refractivity contribution >= 4 is 47.5 Å². The zero-order valence-electron chi connectivity index (χ0n) is 60.7. The lowest BCUT2D eigenvalue weighted by atomic mass is 9.86. The van der Waals surface area contributed by atoms with Gasteiger partial charge in [0.25, 0.3) is 11.8 Å². The number of nitrogens with one attached hydrogen (secondary N) is 6. The van der Waals surface area contributed by atoms with Crippen molar-refractivity contribution in [2.75, 3.05) is 68.0 Å². The fraction of sp³-hybridized carbons (Fsp3) is 0.493. The summed E-state index contributed by atoms with van der Waals surface area (Å²) < 4.78 is 54.2. The molecule has 6 aromatic rings. The number of pyridine rings is 1. The van der Waals surface area contributed by atoms with Crippen molar-refractivity contribution in [2.24, 2.45) is 22.7 Å². The van der Waals surface area contributed by atoms with Crippen LogP contribution in [0.2, 0.25) is 0 Å². The predicted molar refractivity (Wildman–Crippen MR) is 384 cm³/mol. The number of amides is 6. The molecule has 4 saturated heterocycles. The van der Waals surface area contributed by atoms with E-state index < -0.39 is 95.6 Å². The van der Waals surface area contributed by atoms with Crippen LogP contribution in [0.25, 0.3) is 21.7 Å². The lowest BCUT2D eigenvalue weighted by Gasteiger charge is -2.34. The maximum atomic E-state index is 13.8. The first-order valence-electron chi connectivity index (χ1n) is 34.6. The van der Waals surface area contributed by atoms with Crippen LogP contribution in [0.1, 0.15) is 82.3 Å². The summed E-state index contributed by atoms with van der Waals surface area (Å²) in [6.45, 7) is 14.6. The summed E-state index contributed by atoms with van der Waals surface area (Å²) >= 11 is 1.55. The molecule has 4 fully saturated rings. The minimum Gasteiger partial charge on any atom is -0.497 e. The smallest absolute Gasteiger partial charge is 0.407 e. The highest BCUT2D eigenvalue weighted by Gasteiger charge is 2.46. The van der Waals surface area contributed by atoms with Gasteiger partial charge < -0.3 is 78.8 Å². The van der Waals surface area contributed by atoms with Gasteiger partial charge in [0.1, 0.15) is 40.8 Å². The van der Waals surface area contributed by atoms with Crippen molar-refractivity contribution in [2.45, 2.75) is 148 Å². The van der Waals surface area contributed by atoms with E-state index in [1.165, 1.54) is 14.2 Å². The number of rotatable bonds is 28. The zero-order chi connectivity index (χ0) is 74.7. The first-order chi connectivity index (χ1) is 49.7. The first-order valence-corrected chi connectivity index (χ1v) is 35.5. The third kappa shape index (κ3) is 22.7. The Morgan fingerprint density at radius 3 is 1.35 bits per heavy atom. The van der Waals surface area contributed by atoms with E-state index in [9.17, 15) is 39.0 Å². The molecule has 4 aliphatic heterocycles. The summed E-state index contributed by atoms with van der Waals surface area (Å²) in [5.41, 5.74) is 11.6. The van der Waals surface area contributed by atoms with E-state index in [0.29, 0.717) is 24.7 Å². The largest absolute Gasteiger partial charge is 0.497 e. The van der Waals surface area contributed by atoms with Crippen LogP contribution in [-0.4, -0.2) is 196 Å². The molecule has 2 aromatic heterocycles. The van der Waals surface area contributed by atoms with Gasteiger partial charge in [0.05, 0.1) is 91.0 Å². The summed E-state index contributed by atoms with van der Waals surface area (Å²) in [6.07, 6.45) is -1.61. The summed E-state index contributed by atoms with van der Waals surface area (Å²) in [6, 6.07) is 30.4. The van der Waals surface area contributed by atoms with Crippen LogP contribution in [0.15, 0.2) is 127 Å². The van der Waals surface area contributed by atoms with Crippen LogP contribution in [0, 0.1) is 29.6 Å². The van der Waals surface area contributed by atoms with Crippen molar-refractivity contribution < 1.29 is 86.3 Å². The molecule has 0 radical (unpaired) electrons. The number of aliphatic hydroxyl groups is 2. The lowest BCUT2D eigenvalue weighted by Crippen LogP contribution is -2.59. The number of fused-ring (bicyclic) bond motifs is 2. The number of nitrogens with zero attached hydrogens (tertiary/aromatic N) is 4. The van der Waals surface area contributed by atoms with Crippen LogP contribution in [0.4, 0.5) is 19.2 Å². The van der Waals surface area contributed by atoms with E-state index in [2.05, 4.69) is 42.1 Å². The van der Waals surface area contributed by atoms with E-state index in [0.717, 1.165) is 62.5 Å². The van der Waals surface area contributed by atoms with Crippen LogP contribution in [0.3, 0.4) is 0 Å². The molecule has 4 aromatic carbocycles. The number of benzene rings is 4. The first kappa shape index (κ1) is 79.1. The van der Waals surface area contributed by atoms with Crippen LogP contribution in [0.5, 0.6) is 11.5 Å². The fourth-order valence-electron chi connectivity index (χ4n) is 12.5. The van der Waals surface area contributed by atoms with E-state index in [-0.39, 0.29) is 76.7 Å². The maximum Gasteiger partial charge on any atom is 0.407 e. The normalized spacial score (nSPS) is 20.0. The highest BCUT2D eigenvalue weighted by molar-refractivity contribution is 7.13. The highest BCUT2D eigenvalue weighted by atomic mass is 32.1. The molecule has 0 bridgehead atoms. The number of aromatic nitrogens is 2. The number of aryl methyl sites for hydroxylation is 1. The monoisotopic (exact) mass is 1460 g/mol. The van der Waals surface area contributed by atoms with E-state index in [4.69, 9.17) is 47.4 Å². The number of aliphatic hydroxyl groups excluding tert-OH is 2. The molecule has 10 rings (SSSR count). The summed E-state index contributed by atoms with van der Waals surface area (Å²) in [5.74, 6) is 0.211. The Bertz CT molecular complexity index is 3750. The predicted octanol–water partition coefficient (Wildman–Crippen LogP) is 8.01. The van der Waals surface area contributed by atoms with Gasteiger partial charge in [-0.3, -0.25) is 25.4 Å². The van der Waals surface area contributed by atoms with Crippen molar-refractivity contribution in [1.29, 1.82) is 0 Å². The maximum absolute atomic E-state index is 13.8. The molecule has 0 saturated carbocycles. The molecule has 6 heterocycles. The Balaban J connectivity index is 0.000000241. The van der Waals surface area contributed by atoms with Crippen molar-refractivity contribution in [1.82, 2.24) is 52.1 Å². The molecule has 104 heavy (non-hydrogen) atoms. The second-order valence-corrected chi connectivity index (χ2v) is 29.0. The molecular formula is C75H98N10O18S. The fourth-order valence-corrected chi connectivity index (χ4v) is 13.3. The van der Waals surface area contributed by atoms with E-state index in [1.807, 2.05) is 139 Å². The minimum absolute atomic E-state index is 0.0539. The van der Waals surface area contributed by atoms with E-state index in [1.54, 1.807) is 72.2 Å². The zero-order valence-corrected chi connectivity index (χ0v) is 61.5.